The molecule has 2 amide bonds. The number of rotatable bonds is 0. The fourth-order valence-corrected chi connectivity index (χ4v) is 0.682. The summed E-state index contributed by atoms with van der Waals surface area (Å²) in [5, 5.41) is 2.19. The van der Waals surface area contributed by atoms with Gasteiger partial charge in [-0.15, -0.1) is 0 Å². The quantitative estimate of drug-likeness (QED) is 0.535. The molecule has 1 atom stereocenters. The van der Waals surface area contributed by atoms with Crippen molar-refractivity contribution in [1.29, 1.82) is 0 Å². The summed E-state index contributed by atoms with van der Waals surface area (Å²) in [7, 11) is 0. The highest BCUT2D eigenvalue weighted by Gasteiger charge is 2.25. The van der Waals surface area contributed by atoms with Gasteiger partial charge in [-0.1, -0.05) is 27.2 Å². The zero-order valence-electron chi connectivity index (χ0n) is 7.31. The lowest BCUT2D eigenvalue weighted by molar-refractivity contribution is -0.125. The van der Waals surface area contributed by atoms with Crippen molar-refractivity contribution in [3.05, 3.63) is 0 Å². The number of nitrogens with one attached hydrogen (secondary N) is 1. The lowest BCUT2D eigenvalue weighted by atomic mass is 10.1. The molecule has 3 heteroatoms. The zero-order chi connectivity index (χ0) is 8.85. The van der Waals surface area contributed by atoms with Crippen LogP contribution in [-0.2, 0) is 9.59 Å². The zero-order valence-corrected chi connectivity index (χ0v) is 7.31. The molecule has 0 saturated carbocycles. The first-order valence-electron chi connectivity index (χ1n) is 3.95. The van der Waals surface area contributed by atoms with Gasteiger partial charge in [0.2, 0.25) is 11.8 Å². The molecule has 0 aromatic rings. The highest BCUT2D eigenvalue weighted by Crippen LogP contribution is 2.07. The maximum atomic E-state index is 10.5. The van der Waals surface area contributed by atoms with E-state index in [2.05, 4.69) is 19.2 Å². The molecule has 1 unspecified atom stereocenters. The van der Waals surface area contributed by atoms with Crippen LogP contribution in [0.5, 0.6) is 0 Å². The Kier molecular flexibility index (Phi) is 4.50. The Bertz CT molecular complexity index is 154. The van der Waals surface area contributed by atoms with Gasteiger partial charge in [0, 0.05) is 12.3 Å². The first-order valence-corrected chi connectivity index (χ1v) is 3.95. The van der Waals surface area contributed by atoms with Gasteiger partial charge in [0.1, 0.15) is 0 Å². The van der Waals surface area contributed by atoms with Crippen molar-refractivity contribution in [3.8, 4) is 0 Å². The molecule has 1 aliphatic rings. The SMILES string of the molecule is CC1CC(=O)NC1=O.CCC. The van der Waals surface area contributed by atoms with Crippen LogP contribution in [0.3, 0.4) is 0 Å². The average Bonchev–Trinajstić information content (AvgIpc) is 2.12. The van der Waals surface area contributed by atoms with Crippen molar-refractivity contribution in [3.63, 3.8) is 0 Å². The number of carbonyl (C=O) groups is 2. The highest BCUT2D eigenvalue weighted by atomic mass is 16.2. The molecule has 1 fully saturated rings. The maximum Gasteiger partial charge on any atom is 0.229 e. The predicted octanol–water partition coefficient (Wildman–Crippen LogP) is 1.09. The smallest absolute Gasteiger partial charge is 0.229 e. The van der Waals surface area contributed by atoms with Crippen molar-refractivity contribution in [2.75, 3.05) is 0 Å². The Balaban J connectivity index is 0.000000292. The van der Waals surface area contributed by atoms with E-state index in [4.69, 9.17) is 0 Å². The molecule has 1 saturated heterocycles. The molecule has 0 bridgehead atoms. The van der Waals surface area contributed by atoms with E-state index in [0.717, 1.165) is 0 Å². The standard InChI is InChI=1S/C5H7NO2.C3H8/c1-3-2-4(7)6-5(3)8;1-3-2/h3H,2H2,1H3,(H,6,7,8);3H2,1-2H3. The summed E-state index contributed by atoms with van der Waals surface area (Å²) < 4.78 is 0. The number of imide groups is 1. The van der Waals surface area contributed by atoms with Crippen LogP contribution >= 0.6 is 0 Å². The first-order chi connectivity index (χ1) is 5.11. The van der Waals surface area contributed by atoms with E-state index in [-0.39, 0.29) is 17.7 Å². The number of hydrogen-bond acceptors (Lipinski definition) is 2. The molecule has 11 heavy (non-hydrogen) atoms. The summed E-state index contributed by atoms with van der Waals surface area (Å²) >= 11 is 0. The van der Waals surface area contributed by atoms with Crippen LogP contribution in [-0.4, -0.2) is 11.8 Å². The van der Waals surface area contributed by atoms with Gasteiger partial charge in [0.15, 0.2) is 0 Å². The Labute approximate surface area is 67.2 Å². The highest BCUT2D eigenvalue weighted by molar-refractivity contribution is 6.03. The van der Waals surface area contributed by atoms with Crippen LogP contribution in [0.15, 0.2) is 0 Å². The maximum absolute atomic E-state index is 10.5. The van der Waals surface area contributed by atoms with Gasteiger partial charge in [-0.2, -0.15) is 0 Å². The summed E-state index contributed by atoms with van der Waals surface area (Å²) in [5.41, 5.74) is 0. The summed E-state index contributed by atoms with van der Waals surface area (Å²) in [4.78, 5) is 20.8. The average molecular weight is 157 g/mol. The Hall–Kier alpha value is -0.860. The third-order valence-corrected chi connectivity index (χ3v) is 1.20. The van der Waals surface area contributed by atoms with E-state index >= 15 is 0 Å². The predicted molar refractivity (Wildman–Crippen MR) is 42.9 cm³/mol. The van der Waals surface area contributed by atoms with E-state index < -0.39 is 0 Å². The summed E-state index contributed by atoms with van der Waals surface area (Å²) in [6, 6.07) is 0. The van der Waals surface area contributed by atoms with Crippen LogP contribution in [0.4, 0.5) is 0 Å². The van der Waals surface area contributed by atoms with Crippen LogP contribution in [0.1, 0.15) is 33.6 Å². The fourth-order valence-electron chi connectivity index (χ4n) is 0.682. The minimum atomic E-state index is -0.150. The molecule has 64 valence electrons. The lowest BCUT2D eigenvalue weighted by Gasteiger charge is -1.88. The Morgan fingerprint density at radius 3 is 2.00 bits per heavy atom. The second kappa shape index (κ2) is 4.88. The fraction of sp³-hybridized carbons (Fsp3) is 0.750. The molecule has 3 nitrogen and oxygen atoms in total. The molecule has 0 aliphatic carbocycles. The van der Waals surface area contributed by atoms with Crippen LogP contribution in [0, 0.1) is 5.92 Å². The molecular weight excluding hydrogens is 142 g/mol. The van der Waals surface area contributed by atoms with Gasteiger partial charge in [0.25, 0.3) is 0 Å². The summed E-state index contributed by atoms with van der Waals surface area (Å²) in [6.07, 6.45) is 1.61. The second-order valence-corrected chi connectivity index (χ2v) is 2.72. The molecule has 0 aromatic heterocycles. The minimum Gasteiger partial charge on any atom is -0.296 e. The Morgan fingerprint density at radius 2 is 1.91 bits per heavy atom. The molecule has 1 heterocycles. The van der Waals surface area contributed by atoms with Gasteiger partial charge >= 0.3 is 0 Å². The normalized spacial score (nSPS) is 22.3. The second-order valence-electron chi connectivity index (χ2n) is 2.72. The van der Waals surface area contributed by atoms with Crippen molar-refractivity contribution >= 4 is 11.8 Å². The molecule has 0 spiro atoms. The number of carbonyl (C=O) groups excluding carboxylic acids is 2. The van der Waals surface area contributed by atoms with E-state index in [9.17, 15) is 9.59 Å². The summed E-state index contributed by atoms with van der Waals surface area (Å²) in [6.45, 7) is 5.99. The van der Waals surface area contributed by atoms with E-state index in [1.165, 1.54) is 6.42 Å². The molecular formula is C8H15NO2. The van der Waals surface area contributed by atoms with Gasteiger partial charge < -0.3 is 0 Å². The van der Waals surface area contributed by atoms with Gasteiger partial charge in [-0.05, 0) is 0 Å². The minimum absolute atomic E-state index is 0.109. The first kappa shape index (κ1) is 10.1. The van der Waals surface area contributed by atoms with Crippen molar-refractivity contribution in [1.82, 2.24) is 5.32 Å². The Morgan fingerprint density at radius 1 is 1.45 bits per heavy atom. The van der Waals surface area contributed by atoms with Gasteiger partial charge in [0.05, 0.1) is 0 Å². The van der Waals surface area contributed by atoms with Crippen molar-refractivity contribution in [2.24, 2.45) is 5.92 Å². The molecule has 0 radical (unpaired) electrons. The van der Waals surface area contributed by atoms with E-state index in [1.54, 1.807) is 6.92 Å². The molecule has 1 aliphatic heterocycles. The molecule has 0 aromatic carbocycles. The number of amides is 2. The van der Waals surface area contributed by atoms with Crippen molar-refractivity contribution < 1.29 is 9.59 Å². The van der Waals surface area contributed by atoms with Gasteiger partial charge in [-0.3, -0.25) is 14.9 Å². The largest absolute Gasteiger partial charge is 0.296 e. The topological polar surface area (TPSA) is 46.2 Å². The van der Waals surface area contributed by atoms with Crippen molar-refractivity contribution in [2.45, 2.75) is 33.6 Å². The third-order valence-electron chi connectivity index (χ3n) is 1.20. The van der Waals surface area contributed by atoms with Crippen LogP contribution < -0.4 is 5.32 Å². The monoisotopic (exact) mass is 157 g/mol. The number of hydrogen-bond donors (Lipinski definition) is 1. The molecule has 1 rings (SSSR count). The van der Waals surface area contributed by atoms with Gasteiger partial charge in [-0.25, -0.2) is 0 Å². The van der Waals surface area contributed by atoms with E-state index in [1.807, 2.05) is 0 Å². The van der Waals surface area contributed by atoms with E-state index in [0.29, 0.717) is 6.42 Å². The lowest BCUT2D eigenvalue weighted by Crippen LogP contribution is -2.20. The van der Waals surface area contributed by atoms with Crippen LogP contribution in [0.2, 0.25) is 0 Å². The third kappa shape index (κ3) is 3.75. The summed E-state index contributed by atoms with van der Waals surface area (Å²) in [5.74, 6) is -0.403. The molecule has 1 N–H and O–H groups in total. The van der Waals surface area contributed by atoms with Crippen LogP contribution in [0.25, 0.3) is 0 Å².